The van der Waals surface area contributed by atoms with Gasteiger partial charge in [0.1, 0.15) is 10.7 Å². The molecule has 1 aromatic rings. The number of benzene rings is 1. The Morgan fingerprint density at radius 1 is 1.35 bits per heavy atom. The summed E-state index contributed by atoms with van der Waals surface area (Å²) < 4.78 is 53.8. The Morgan fingerprint density at radius 3 is 2.50 bits per heavy atom. The van der Waals surface area contributed by atoms with Gasteiger partial charge in [-0.15, -0.1) is 0 Å². The summed E-state index contributed by atoms with van der Waals surface area (Å²) in [5, 5.41) is 8.97. The average molecular weight is 305 g/mol. The van der Waals surface area contributed by atoms with Crippen molar-refractivity contribution in [2.45, 2.75) is 43.7 Å². The molecule has 1 heterocycles. The van der Waals surface area contributed by atoms with E-state index in [0.29, 0.717) is 19.4 Å². The Kier molecular flexibility index (Phi) is 3.88. The number of aliphatic hydroxyl groups excluding tert-OH is 1. The molecule has 1 aliphatic rings. The Morgan fingerprint density at radius 2 is 2.00 bits per heavy atom. The number of sulfonamides is 1. The van der Waals surface area contributed by atoms with E-state index in [1.807, 2.05) is 0 Å². The van der Waals surface area contributed by atoms with Crippen LogP contribution in [-0.2, 0) is 16.6 Å². The largest absolute Gasteiger partial charge is 0.391 e. The molecule has 1 fully saturated rings. The number of nitrogens with zero attached hydrogens (tertiary/aromatic N) is 1. The fourth-order valence-electron chi connectivity index (χ4n) is 2.57. The Labute approximate surface area is 117 Å². The van der Waals surface area contributed by atoms with E-state index >= 15 is 0 Å². The maximum atomic E-state index is 14.1. The van der Waals surface area contributed by atoms with E-state index in [-0.39, 0.29) is 0 Å². The lowest BCUT2D eigenvalue weighted by atomic mass is 10.0. The quantitative estimate of drug-likeness (QED) is 0.929. The Hall–Kier alpha value is -1.05. The summed E-state index contributed by atoms with van der Waals surface area (Å²) in [6.07, 6.45) is 1.38. The molecular weight excluding hydrogens is 288 g/mol. The standard InChI is InChI=1S/C13H17F2NO3S/c1-13(2)6-3-7-16(13)20(18,19)11-5-4-10(14)9(8-17)12(11)15/h4-5,17H,3,6-8H2,1-2H3. The molecule has 1 aliphatic heterocycles. The van der Waals surface area contributed by atoms with E-state index in [9.17, 15) is 17.2 Å². The van der Waals surface area contributed by atoms with Gasteiger partial charge in [0.25, 0.3) is 0 Å². The summed E-state index contributed by atoms with van der Waals surface area (Å²) in [6.45, 7) is 2.96. The van der Waals surface area contributed by atoms with Crippen molar-refractivity contribution in [1.29, 1.82) is 0 Å². The lowest BCUT2D eigenvalue weighted by Crippen LogP contribution is -2.42. The van der Waals surface area contributed by atoms with Crippen LogP contribution < -0.4 is 0 Å². The summed E-state index contributed by atoms with van der Waals surface area (Å²) in [5.41, 5.74) is -1.22. The summed E-state index contributed by atoms with van der Waals surface area (Å²) >= 11 is 0. The number of aliphatic hydroxyl groups is 1. The molecule has 0 bridgehead atoms. The molecule has 2 rings (SSSR count). The van der Waals surface area contributed by atoms with Crippen molar-refractivity contribution in [3.63, 3.8) is 0 Å². The zero-order chi connectivity index (χ0) is 15.1. The van der Waals surface area contributed by atoms with Crippen LogP contribution in [0.2, 0.25) is 0 Å². The van der Waals surface area contributed by atoms with Gasteiger partial charge in [0.2, 0.25) is 10.0 Å². The van der Waals surface area contributed by atoms with E-state index in [1.165, 1.54) is 4.31 Å². The summed E-state index contributed by atoms with van der Waals surface area (Å²) in [6, 6.07) is 1.78. The van der Waals surface area contributed by atoms with Crippen molar-refractivity contribution in [1.82, 2.24) is 4.31 Å². The molecule has 0 amide bonds. The van der Waals surface area contributed by atoms with Crippen LogP contribution in [0.3, 0.4) is 0 Å². The normalized spacial score (nSPS) is 19.4. The van der Waals surface area contributed by atoms with Crippen molar-refractivity contribution in [3.8, 4) is 0 Å². The van der Waals surface area contributed by atoms with Gasteiger partial charge in [-0.05, 0) is 38.8 Å². The number of rotatable bonds is 3. The molecule has 4 nitrogen and oxygen atoms in total. The van der Waals surface area contributed by atoms with Crippen molar-refractivity contribution < 1.29 is 22.3 Å². The molecule has 0 radical (unpaired) electrons. The third-order valence-corrected chi connectivity index (χ3v) is 5.83. The molecular formula is C13H17F2NO3S. The van der Waals surface area contributed by atoms with Gasteiger partial charge in [-0.3, -0.25) is 0 Å². The maximum Gasteiger partial charge on any atom is 0.246 e. The van der Waals surface area contributed by atoms with Crippen LogP contribution in [0.4, 0.5) is 8.78 Å². The molecule has 0 saturated carbocycles. The van der Waals surface area contributed by atoms with Crippen molar-refractivity contribution in [3.05, 3.63) is 29.3 Å². The van der Waals surface area contributed by atoms with Gasteiger partial charge in [0.05, 0.1) is 12.2 Å². The van der Waals surface area contributed by atoms with Crippen LogP contribution in [0.1, 0.15) is 32.3 Å². The summed E-state index contributed by atoms with van der Waals surface area (Å²) in [4.78, 5) is -0.585. The minimum atomic E-state index is -4.05. The van der Waals surface area contributed by atoms with E-state index in [4.69, 9.17) is 5.11 Å². The highest BCUT2D eigenvalue weighted by Crippen LogP contribution is 2.35. The first kappa shape index (κ1) is 15.3. The molecule has 0 atom stereocenters. The Bertz CT molecular complexity index is 629. The number of halogens is 2. The second-order valence-electron chi connectivity index (χ2n) is 5.49. The monoisotopic (exact) mass is 305 g/mol. The van der Waals surface area contributed by atoms with E-state index < -0.39 is 44.3 Å². The predicted molar refractivity (Wildman–Crippen MR) is 69.5 cm³/mol. The highest BCUT2D eigenvalue weighted by atomic mass is 32.2. The molecule has 20 heavy (non-hydrogen) atoms. The number of hydrogen-bond acceptors (Lipinski definition) is 3. The molecule has 0 aliphatic carbocycles. The second-order valence-corrected chi connectivity index (χ2v) is 7.32. The third-order valence-electron chi connectivity index (χ3n) is 3.70. The molecule has 1 aromatic carbocycles. The van der Waals surface area contributed by atoms with Crippen LogP contribution in [0, 0.1) is 11.6 Å². The average Bonchev–Trinajstić information content (AvgIpc) is 2.69. The van der Waals surface area contributed by atoms with Gasteiger partial charge in [-0.1, -0.05) is 0 Å². The van der Waals surface area contributed by atoms with Crippen LogP contribution in [-0.4, -0.2) is 29.9 Å². The van der Waals surface area contributed by atoms with Crippen molar-refractivity contribution >= 4 is 10.0 Å². The topological polar surface area (TPSA) is 57.6 Å². The lowest BCUT2D eigenvalue weighted by Gasteiger charge is -2.30. The Balaban J connectivity index is 2.56. The zero-order valence-electron chi connectivity index (χ0n) is 11.4. The predicted octanol–water partition coefficient (Wildman–Crippen LogP) is 2.02. The van der Waals surface area contributed by atoms with Gasteiger partial charge in [-0.2, -0.15) is 4.31 Å². The van der Waals surface area contributed by atoms with E-state index in [2.05, 4.69) is 0 Å². The molecule has 1 saturated heterocycles. The molecule has 7 heteroatoms. The van der Waals surface area contributed by atoms with Crippen molar-refractivity contribution in [2.24, 2.45) is 0 Å². The molecule has 1 N–H and O–H groups in total. The van der Waals surface area contributed by atoms with E-state index in [1.54, 1.807) is 13.8 Å². The third kappa shape index (κ3) is 2.34. The van der Waals surface area contributed by atoms with Gasteiger partial charge >= 0.3 is 0 Å². The second kappa shape index (κ2) is 5.05. The minimum absolute atomic E-state index is 0.306. The van der Waals surface area contributed by atoms with Gasteiger partial charge in [0.15, 0.2) is 5.82 Å². The van der Waals surface area contributed by atoms with E-state index in [0.717, 1.165) is 12.1 Å². The minimum Gasteiger partial charge on any atom is -0.391 e. The summed E-state index contributed by atoms with van der Waals surface area (Å²) in [7, 11) is -4.05. The zero-order valence-corrected chi connectivity index (χ0v) is 12.2. The fraction of sp³-hybridized carbons (Fsp3) is 0.538. The van der Waals surface area contributed by atoms with Crippen LogP contribution in [0.25, 0.3) is 0 Å². The number of hydrogen-bond donors (Lipinski definition) is 1. The van der Waals surface area contributed by atoms with Gasteiger partial charge in [-0.25, -0.2) is 17.2 Å². The fourth-order valence-corrected chi connectivity index (χ4v) is 4.51. The van der Waals surface area contributed by atoms with Crippen molar-refractivity contribution in [2.75, 3.05) is 6.54 Å². The molecule has 112 valence electrons. The smallest absolute Gasteiger partial charge is 0.246 e. The lowest BCUT2D eigenvalue weighted by molar-refractivity contribution is 0.266. The first-order valence-corrected chi connectivity index (χ1v) is 7.76. The van der Waals surface area contributed by atoms with Gasteiger partial charge in [0, 0.05) is 12.1 Å². The maximum absolute atomic E-state index is 14.1. The highest BCUT2D eigenvalue weighted by Gasteiger charge is 2.42. The molecule has 0 unspecified atom stereocenters. The summed E-state index contributed by atoms with van der Waals surface area (Å²) in [5.74, 6) is -2.17. The molecule has 0 aromatic heterocycles. The van der Waals surface area contributed by atoms with Crippen LogP contribution in [0.15, 0.2) is 17.0 Å². The SMILES string of the molecule is CC1(C)CCCN1S(=O)(=O)c1ccc(F)c(CO)c1F. The van der Waals surface area contributed by atoms with Gasteiger partial charge < -0.3 is 5.11 Å². The van der Waals surface area contributed by atoms with Crippen LogP contribution in [0.5, 0.6) is 0 Å². The molecule has 0 spiro atoms. The first-order chi connectivity index (χ1) is 9.21. The highest BCUT2D eigenvalue weighted by molar-refractivity contribution is 7.89. The van der Waals surface area contributed by atoms with Crippen LogP contribution >= 0.6 is 0 Å². The first-order valence-electron chi connectivity index (χ1n) is 6.32.